The molecule has 1 amide bonds. The monoisotopic (exact) mass is 407 g/mol. The molecule has 2 aromatic heterocycles. The summed E-state index contributed by atoms with van der Waals surface area (Å²) in [5, 5.41) is 12.1. The second kappa shape index (κ2) is 8.45. The van der Waals surface area contributed by atoms with Crippen molar-refractivity contribution in [1.82, 2.24) is 24.9 Å². The maximum absolute atomic E-state index is 12.3. The molecule has 0 saturated carbocycles. The van der Waals surface area contributed by atoms with Gasteiger partial charge in [-0.15, -0.1) is 0 Å². The maximum atomic E-state index is 12.3. The van der Waals surface area contributed by atoms with Crippen molar-refractivity contribution < 1.29 is 9.53 Å². The summed E-state index contributed by atoms with van der Waals surface area (Å²) in [7, 11) is 0. The Labute approximate surface area is 166 Å². The molecule has 0 saturated heterocycles. The third-order valence-corrected chi connectivity index (χ3v) is 4.89. The molecule has 9 heteroatoms. The maximum Gasteiger partial charge on any atom is 0.272 e. The van der Waals surface area contributed by atoms with E-state index in [4.69, 9.17) is 27.9 Å². The van der Waals surface area contributed by atoms with E-state index in [-0.39, 0.29) is 12.6 Å². The standard InChI is InChI=1S/C18H19Cl2N5O2/c1-3-25-12(2)13(10-22-25)9-21-18(26)15-7-8-24(23-15)11-27-16-6-4-5-14(19)17(16)20/h4-8,10H,3,9,11H2,1-2H3,(H,21,26). The Kier molecular flexibility index (Phi) is 6.03. The average molecular weight is 408 g/mol. The van der Waals surface area contributed by atoms with Gasteiger partial charge in [-0.05, 0) is 32.0 Å². The van der Waals surface area contributed by atoms with Crippen molar-refractivity contribution in [2.45, 2.75) is 33.7 Å². The molecule has 0 aliphatic carbocycles. The van der Waals surface area contributed by atoms with Crippen LogP contribution in [0.15, 0.2) is 36.7 Å². The minimum Gasteiger partial charge on any atom is -0.470 e. The van der Waals surface area contributed by atoms with Crippen LogP contribution in [0, 0.1) is 6.92 Å². The Balaban J connectivity index is 1.57. The van der Waals surface area contributed by atoms with Crippen LogP contribution in [-0.4, -0.2) is 25.5 Å². The highest BCUT2D eigenvalue weighted by atomic mass is 35.5. The van der Waals surface area contributed by atoms with Gasteiger partial charge in [0.2, 0.25) is 0 Å². The number of nitrogens with one attached hydrogen (secondary N) is 1. The molecule has 7 nitrogen and oxygen atoms in total. The van der Waals surface area contributed by atoms with Gasteiger partial charge in [-0.2, -0.15) is 10.2 Å². The van der Waals surface area contributed by atoms with Crippen molar-refractivity contribution in [2.24, 2.45) is 0 Å². The van der Waals surface area contributed by atoms with E-state index in [1.807, 2.05) is 18.5 Å². The van der Waals surface area contributed by atoms with Crippen molar-refractivity contribution in [3.8, 4) is 5.75 Å². The zero-order valence-corrected chi connectivity index (χ0v) is 16.5. The highest BCUT2D eigenvalue weighted by Crippen LogP contribution is 2.31. The van der Waals surface area contributed by atoms with Crippen LogP contribution in [0.25, 0.3) is 0 Å². The predicted molar refractivity (Wildman–Crippen MR) is 103 cm³/mol. The molecule has 0 radical (unpaired) electrons. The summed E-state index contributed by atoms with van der Waals surface area (Å²) in [5.74, 6) is 0.187. The number of hydrogen-bond acceptors (Lipinski definition) is 4. The molecule has 3 rings (SSSR count). The van der Waals surface area contributed by atoms with Gasteiger partial charge in [0.1, 0.15) is 16.5 Å². The van der Waals surface area contributed by atoms with Crippen LogP contribution in [0.5, 0.6) is 5.75 Å². The van der Waals surface area contributed by atoms with E-state index in [1.165, 1.54) is 4.68 Å². The average Bonchev–Trinajstić information content (AvgIpc) is 3.27. The van der Waals surface area contributed by atoms with E-state index in [9.17, 15) is 4.79 Å². The Morgan fingerprint density at radius 3 is 2.85 bits per heavy atom. The molecule has 27 heavy (non-hydrogen) atoms. The van der Waals surface area contributed by atoms with E-state index < -0.39 is 0 Å². The van der Waals surface area contributed by atoms with Gasteiger partial charge in [-0.25, -0.2) is 4.68 Å². The van der Waals surface area contributed by atoms with Crippen LogP contribution in [-0.2, 0) is 19.8 Å². The molecular formula is C18H19Cl2N5O2. The number of carbonyl (C=O) groups excluding carboxylic acids is 1. The zero-order chi connectivity index (χ0) is 19.4. The van der Waals surface area contributed by atoms with Gasteiger partial charge in [0, 0.05) is 30.5 Å². The lowest BCUT2D eigenvalue weighted by Gasteiger charge is -2.08. The van der Waals surface area contributed by atoms with Crippen LogP contribution < -0.4 is 10.1 Å². The molecule has 0 spiro atoms. The summed E-state index contributed by atoms with van der Waals surface area (Å²) < 4.78 is 8.99. The quantitative estimate of drug-likeness (QED) is 0.647. The number of aryl methyl sites for hydroxylation is 1. The smallest absolute Gasteiger partial charge is 0.272 e. The SMILES string of the molecule is CCn1ncc(CNC(=O)c2ccn(COc3cccc(Cl)c3Cl)n2)c1C. The second-order valence-electron chi connectivity index (χ2n) is 5.82. The summed E-state index contributed by atoms with van der Waals surface area (Å²) in [6.45, 7) is 5.29. The summed E-state index contributed by atoms with van der Waals surface area (Å²) >= 11 is 12.0. The van der Waals surface area contributed by atoms with Crippen molar-refractivity contribution in [1.29, 1.82) is 0 Å². The normalized spacial score (nSPS) is 10.8. The first-order valence-corrected chi connectivity index (χ1v) is 9.15. The molecule has 0 unspecified atom stereocenters. The van der Waals surface area contributed by atoms with Crippen LogP contribution in [0.4, 0.5) is 0 Å². The molecule has 2 heterocycles. The van der Waals surface area contributed by atoms with E-state index >= 15 is 0 Å². The number of hydrogen-bond donors (Lipinski definition) is 1. The topological polar surface area (TPSA) is 74.0 Å². The lowest BCUT2D eigenvalue weighted by molar-refractivity contribution is 0.0944. The van der Waals surface area contributed by atoms with E-state index in [0.717, 1.165) is 17.8 Å². The fraction of sp³-hybridized carbons (Fsp3) is 0.278. The largest absolute Gasteiger partial charge is 0.470 e. The fourth-order valence-corrected chi connectivity index (χ4v) is 2.88. The Morgan fingerprint density at radius 1 is 1.30 bits per heavy atom. The van der Waals surface area contributed by atoms with Crippen molar-refractivity contribution in [2.75, 3.05) is 0 Å². The number of halogens is 2. The lowest BCUT2D eigenvalue weighted by Crippen LogP contribution is -2.24. The van der Waals surface area contributed by atoms with Gasteiger partial charge < -0.3 is 10.1 Å². The first-order valence-electron chi connectivity index (χ1n) is 8.39. The van der Waals surface area contributed by atoms with Crippen molar-refractivity contribution in [3.05, 3.63) is 63.7 Å². The van der Waals surface area contributed by atoms with Crippen LogP contribution in [0.1, 0.15) is 28.7 Å². The Hall–Kier alpha value is -2.51. The lowest BCUT2D eigenvalue weighted by atomic mass is 10.2. The van der Waals surface area contributed by atoms with Gasteiger partial charge in [-0.1, -0.05) is 29.3 Å². The Morgan fingerprint density at radius 2 is 2.11 bits per heavy atom. The van der Waals surface area contributed by atoms with E-state index in [1.54, 1.807) is 36.7 Å². The first-order chi connectivity index (χ1) is 13.0. The van der Waals surface area contributed by atoms with Gasteiger partial charge in [0.25, 0.3) is 5.91 Å². The van der Waals surface area contributed by atoms with Gasteiger partial charge in [0.05, 0.1) is 11.2 Å². The summed E-state index contributed by atoms with van der Waals surface area (Å²) in [4.78, 5) is 12.3. The third kappa shape index (κ3) is 4.43. The highest BCUT2D eigenvalue weighted by molar-refractivity contribution is 6.42. The van der Waals surface area contributed by atoms with Crippen LogP contribution >= 0.6 is 23.2 Å². The van der Waals surface area contributed by atoms with E-state index in [2.05, 4.69) is 15.5 Å². The summed E-state index contributed by atoms with van der Waals surface area (Å²) in [5.41, 5.74) is 2.31. The van der Waals surface area contributed by atoms with Crippen molar-refractivity contribution >= 4 is 29.1 Å². The molecule has 3 aromatic rings. The molecule has 0 fully saturated rings. The summed E-state index contributed by atoms with van der Waals surface area (Å²) in [6, 6.07) is 6.76. The van der Waals surface area contributed by atoms with E-state index in [0.29, 0.717) is 28.0 Å². The molecule has 0 aliphatic rings. The number of amides is 1. The number of benzene rings is 1. The number of rotatable bonds is 7. The number of aromatic nitrogens is 4. The minimum atomic E-state index is -0.266. The molecule has 0 aliphatic heterocycles. The fourth-order valence-electron chi connectivity index (χ4n) is 2.53. The number of nitrogens with zero attached hydrogens (tertiary/aromatic N) is 4. The first kappa shape index (κ1) is 19.3. The minimum absolute atomic E-state index is 0.107. The van der Waals surface area contributed by atoms with Gasteiger partial charge in [0.15, 0.2) is 6.73 Å². The second-order valence-corrected chi connectivity index (χ2v) is 6.60. The number of carbonyl (C=O) groups is 1. The molecule has 0 bridgehead atoms. The van der Waals surface area contributed by atoms with Gasteiger partial charge >= 0.3 is 0 Å². The molecule has 142 valence electrons. The molecule has 0 atom stereocenters. The van der Waals surface area contributed by atoms with Crippen LogP contribution in [0.2, 0.25) is 10.0 Å². The molecule has 1 aromatic carbocycles. The number of ether oxygens (including phenoxy) is 1. The summed E-state index contributed by atoms with van der Waals surface area (Å²) in [6.07, 6.45) is 3.42. The molecular weight excluding hydrogens is 389 g/mol. The third-order valence-electron chi connectivity index (χ3n) is 4.09. The van der Waals surface area contributed by atoms with Crippen molar-refractivity contribution in [3.63, 3.8) is 0 Å². The predicted octanol–water partition coefficient (Wildman–Crippen LogP) is 3.68. The Bertz CT molecular complexity index is 951. The van der Waals surface area contributed by atoms with Crippen LogP contribution in [0.3, 0.4) is 0 Å². The zero-order valence-electron chi connectivity index (χ0n) is 14.9. The van der Waals surface area contributed by atoms with Gasteiger partial charge in [-0.3, -0.25) is 9.48 Å². The highest BCUT2D eigenvalue weighted by Gasteiger charge is 2.12. The molecule has 1 N–H and O–H groups in total.